The number of fused-ring (bicyclic) bond motifs is 1. The van der Waals surface area contributed by atoms with Crippen molar-refractivity contribution in [3.8, 4) is 0 Å². The molecule has 0 radical (unpaired) electrons. The van der Waals surface area contributed by atoms with Gasteiger partial charge in [-0.1, -0.05) is 11.6 Å². The summed E-state index contributed by atoms with van der Waals surface area (Å²) in [6, 6.07) is 5.81. The number of hydrogen-bond acceptors (Lipinski definition) is 2. The van der Waals surface area contributed by atoms with Gasteiger partial charge in [-0.15, -0.1) is 0 Å². The topological polar surface area (TPSA) is 29.9 Å². The molecule has 2 rings (SSSR count). The zero-order chi connectivity index (χ0) is 10.8. The van der Waals surface area contributed by atoms with Crippen molar-refractivity contribution in [1.29, 1.82) is 0 Å². The van der Waals surface area contributed by atoms with E-state index < -0.39 is 0 Å². The van der Waals surface area contributed by atoms with Gasteiger partial charge in [-0.25, -0.2) is 0 Å². The Kier molecular flexibility index (Phi) is 2.93. The SMILES string of the molecule is CNCCc1c2cc(Cl)ccc2nn1C. The Hall–Kier alpha value is -1.06. The monoisotopic (exact) mass is 223 g/mol. The first kappa shape index (κ1) is 10.5. The molecule has 0 saturated heterocycles. The fourth-order valence-electron chi connectivity index (χ4n) is 1.76. The van der Waals surface area contributed by atoms with Crippen molar-refractivity contribution >= 4 is 22.5 Å². The lowest BCUT2D eigenvalue weighted by Crippen LogP contribution is -2.12. The Balaban J connectivity index is 2.50. The second-order valence-corrected chi connectivity index (χ2v) is 4.02. The van der Waals surface area contributed by atoms with Crippen LogP contribution in [0.25, 0.3) is 10.9 Å². The van der Waals surface area contributed by atoms with E-state index in [0.29, 0.717) is 0 Å². The molecule has 1 N–H and O–H groups in total. The number of halogens is 1. The minimum Gasteiger partial charge on any atom is -0.319 e. The van der Waals surface area contributed by atoms with Crippen LogP contribution in [0.15, 0.2) is 18.2 Å². The third-order valence-electron chi connectivity index (χ3n) is 2.53. The van der Waals surface area contributed by atoms with Gasteiger partial charge in [-0.05, 0) is 25.2 Å². The van der Waals surface area contributed by atoms with Gasteiger partial charge in [0.15, 0.2) is 0 Å². The van der Waals surface area contributed by atoms with Crippen LogP contribution >= 0.6 is 11.6 Å². The summed E-state index contributed by atoms with van der Waals surface area (Å²) < 4.78 is 1.93. The molecular formula is C11H14ClN3. The van der Waals surface area contributed by atoms with Crippen molar-refractivity contribution in [1.82, 2.24) is 15.1 Å². The fourth-order valence-corrected chi connectivity index (χ4v) is 1.93. The van der Waals surface area contributed by atoms with E-state index in [1.165, 1.54) is 5.69 Å². The summed E-state index contributed by atoms with van der Waals surface area (Å²) in [5.41, 5.74) is 2.23. The molecule has 4 heteroatoms. The van der Waals surface area contributed by atoms with Crippen LogP contribution < -0.4 is 5.32 Å². The average molecular weight is 224 g/mol. The molecule has 15 heavy (non-hydrogen) atoms. The summed E-state index contributed by atoms with van der Waals surface area (Å²) in [4.78, 5) is 0. The van der Waals surface area contributed by atoms with Crippen molar-refractivity contribution in [3.63, 3.8) is 0 Å². The Morgan fingerprint density at radius 2 is 2.27 bits per heavy atom. The van der Waals surface area contributed by atoms with Crippen molar-refractivity contribution < 1.29 is 0 Å². The molecule has 0 unspecified atom stereocenters. The van der Waals surface area contributed by atoms with Crippen molar-refractivity contribution in [2.24, 2.45) is 7.05 Å². The number of benzene rings is 1. The summed E-state index contributed by atoms with van der Waals surface area (Å²) >= 11 is 5.98. The summed E-state index contributed by atoms with van der Waals surface area (Å²) in [7, 11) is 3.92. The van der Waals surface area contributed by atoms with Crippen LogP contribution in [0.5, 0.6) is 0 Å². The first-order valence-electron chi connectivity index (χ1n) is 4.98. The minimum atomic E-state index is 0.765. The number of nitrogens with zero attached hydrogens (tertiary/aromatic N) is 2. The van der Waals surface area contributed by atoms with E-state index in [4.69, 9.17) is 11.6 Å². The minimum absolute atomic E-state index is 0.765. The molecule has 1 heterocycles. The van der Waals surface area contributed by atoms with Gasteiger partial charge in [0.2, 0.25) is 0 Å². The second-order valence-electron chi connectivity index (χ2n) is 3.59. The van der Waals surface area contributed by atoms with Crippen LogP contribution in [-0.4, -0.2) is 23.4 Å². The molecule has 2 aromatic rings. The number of aryl methyl sites for hydroxylation is 1. The van der Waals surface area contributed by atoms with Gasteiger partial charge >= 0.3 is 0 Å². The van der Waals surface area contributed by atoms with E-state index in [9.17, 15) is 0 Å². The summed E-state index contributed by atoms with van der Waals surface area (Å²) in [5, 5.41) is 9.49. The Bertz CT molecular complexity index is 476. The molecule has 1 aromatic heterocycles. The highest BCUT2D eigenvalue weighted by atomic mass is 35.5. The lowest BCUT2D eigenvalue weighted by Gasteiger charge is -2.01. The number of nitrogens with one attached hydrogen (secondary N) is 1. The lowest BCUT2D eigenvalue weighted by atomic mass is 10.1. The zero-order valence-electron chi connectivity index (χ0n) is 8.92. The highest BCUT2D eigenvalue weighted by Gasteiger charge is 2.08. The van der Waals surface area contributed by atoms with E-state index >= 15 is 0 Å². The van der Waals surface area contributed by atoms with Crippen LogP contribution in [0, 0.1) is 0 Å². The molecule has 0 bridgehead atoms. The molecule has 0 atom stereocenters. The standard InChI is InChI=1S/C11H14ClN3/c1-13-6-5-11-9-7-8(12)3-4-10(9)14-15(11)2/h3-4,7,13H,5-6H2,1-2H3. The summed E-state index contributed by atoms with van der Waals surface area (Å²) in [6.45, 7) is 0.946. The quantitative estimate of drug-likeness (QED) is 0.863. The molecule has 0 fully saturated rings. The van der Waals surface area contributed by atoms with Crippen LogP contribution in [-0.2, 0) is 13.5 Å². The summed E-state index contributed by atoms with van der Waals surface area (Å²) in [6.07, 6.45) is 0.962. The predicted molar refractivity (Wildman–Crippen MR) is 63.4 cm³/mol. The van der Waals surface area contributed by atoms with Gasteiger partial charge in [-0.3, -0.25) is 4.68 Å². The van der Waals surface area contributed by atoms with Crippen molar-refractivity contribution in [3.05, 3.63) is 28.9 Å². The molecule has 3 nitrogen and oxygen atoms in total. The largest absolute Gasteiger partial charge is 0.319 e. The molecule has 0 aliphatic heterocycles. The zero-order valence-corrected chi connectivity index (χ0v) is 9.67. The van der Waals surface area contributed by atoms with Crippen LogP contribution in [0.2, 0.25) is 5.02 Å². The smallest absolute Gasteiger partial charge is 0.0927 e. The molecule has 0 spiro atoms. The van der Waals surface area contributed by atoms with Crippen molar-refractivity contribution in [2.45, 2.75) is 6.42 Å². The second kappa shape index (κ2) is 4.21. The third kappa shape index (κ3) is 1.98. The number of rotatable bonds is 3. The Morgan fingerprint density at radius 1 is 1.47 bits per heavy atom. The molecule has 0 amide bonds. The molecule has 80 valence electrons. The number of aromatic nitrogens is 2. The molecule has 0 aliphatic carbocycles. The number of hydrogen-bond donors (Lipinski definition) is 1. The average Bonchev–Trinajstić information content (AvgIpc) is 2.51. The van der Waals surface area contributed by atoms with Gasteiger partial charge in [0.25, 0.3) is 0 Å². The van der Waals surface area contributed by atoms with Gasteiger partial charge in [0.05, 0.1) is 5.52 Å². The predicted octanol–water partition coefficient (Wildman–Crippen LogP) is 1.99. The van der Waals surface area contributed by atoms with Gasteiger partial charge in [0.1, 0.15) is 0 Å². The van der Waals surface area contributed by atoms with Gasteiger partial charge in [-0.2, -0.15) is 5.10 Å². The van der Waals surface area contributed by atoms with E-state index in [-0.39, 0.29) is 0 Å². The normalized spacial score (nSPS) is 11.1. The first-order valence-corrected chi connectivity index (χ1v) is 5.36. The van der Waals surface area contributed by atoms with E-state index in [1.54, 1.807) is 0 Å². The first-order chi connectivity index (χ1) is 7.22. The van der Waals surface area contributed by atoms with Crippen molar-refractivity contribution in [2.75, 3.05) is 13.6 Å². The molecule has 0 aliphatic rings. The highest BCUT2D eigenvalue weighted by Crippen LogP contribution is 2.22. The molecular weight excluding hydrogens is 210 g/mol. The van der Waals surface area contributed by atoms with E-state index in [1.807, 2.05) is 37.0 Å². The fraction of sp³-hybridized carbons (Fsp3) is 0.364. The van der Waals surface area contributed by atoms with Crippen LogP contribution in [0.1, 0.15) is 5.69 Å². The lowest BCUT2D eigenvalue weighted by molar-refractivity contribution is 0.688. The van der Waals surface area contributed by atoms with E-state index in [2.05, 4.69) is 10.4 Å². The highest BCUT2D eigenvalue weighted by molar-refractivity contribution is 6.31. The molecule has 1 aromatic carbocycles. The maximum Gasteiger partial charge on any atom is 0.0927 e. The summed E-state index contributed by atoms with van der Waals surface area (Å²) in [5.74, 6) is 0. The van der Waals surface area contributed by atoms with Crippen LogP contribution in [0.3, 0.4) is 0 Å². The maximum absolute atomic E-state index is 5.98. The third-order valence-corrected chi connectivity index (χ3v) is 2.76. The van der Waals surface area contributed by atoms with Gasteiger partial charge in [0, 0.05) is 36.1 Å². The van der Waals surface area contributed by atoms with E-state index in [0.717, 1.165) is 28.9 Å². The number of likely N-dealkylation sites (N-methyl/N-ethyl adjacent to an activating group) is 1. The maximum atomic E-state index is 5.98. The Labute approximate surface area is 94.0 Å². The molecule has 0 saturated carbocycles. The Morgan fingerprint density at radius 3 is 3.00 bits per heavy atom. The van der Waals surface area contributed by atoms with Crippen LogP contribution in [0.4, 0.5) is 0 Å². The van der Waals surface area contributed by atoms with Gasteiger partial charge < -0.3 is 5.32 Å².